The van der Waals surface area contributed by atoms with Crippen molar-refractivity contribution in [2.24, 2.45) is 0 Å². The molecule has 0 aliphatic heterocycles. The fraction of sp³-hybridized carbons (Fsp3) is 0.500. The van der Waals surface area contributed by atoms with E-state index >= 15 is 0 Å². The second kappa shape index (κ2) is 7.36. The van der Waals surface area contributed by atoms with Crippen LogP contribution in [0.4, 0.5) is 5.69 Å². The summed E-state index contributed by atoms with van der Waals surface area (Å²) >= 11 is 13.2. The molecule has 2 N–H and O–H groups in total. The number of hydrogen-bond acceptors (Lipinski definition) is 2. The van der Waals surface area contributed by atoms with E-state index in [-0.39, 0.29) is 0 Å². The number of nitrogens with one attached hydrogen (secondary N) is 2. The number of halogens is 1. The summed E-state index contributed by atoms with van der Waals surface area (Å²) in [4.78, 5) is 0. The van der Waals surface area contributed by atoms with Crippen LogP contribution in [0.2, 0.25) is 5.02 Å². The first-order valence-corrected chi connectivity index (χ1v) is 8.00. The van der Waals surface area contributed by atoms with Gasteiger partial charge in [-0.05, 0) is 36.8 Å². The van der Waals surface area contributed by atoms with Crippen molar-refractivity contribution in [2.45, 2.75) is 32.4 Å². The minimum Gasteiger partial charge on any atom is -0.362 e. The highest BCUT2D eigenvalue weighted by Gasteiger charge is 2.09. The Morgan fingerprint density at radius 3 is 2.63 bits per heavy atom. The lowest BCUT2D eigenvalue weighted by molar-refractivity contribution is 0.800. The van der Waals surface area contributed by atoms with E-state index in [2.05, 4.69) is 31.4 Å². The molecule has 0 atom stereocenters. The molecule has 1 rings (SSSR count). The van der Waals surface area contributed by atoms with Gasteiger partial charge in [0.1, 0.15) is 0 Å². The van der Waals surface area contributed by atoms with Gasteiger partial charge in [0.05, 0.1) is 0 Å². The van der Waals surface area contributed by atoms with Crippen LogP contribution in [0.1, 0.15) is 26.3 Å². The van der Waals surface area contributed by atoms with Gasteiger partial charge in [-0.3, -0.25) is 0 Å². The van der Waals surface area contributed by atoms with E-state index in [0.29, 0.717) is 9.86 Å². The van der Waals surface area contributed by atoms with Crippen LogP contribution in [0.3, 0.4) is 0 Å². The van der Waals surface area contributed by atoms with Crippen LogP contribution >= 0.6 is 35.6 Å². The summed E-state index contributed by atoms with van der Waals surface area (Å²) in [6.07, 6.45) is 0. The zero-order valence-electron chi connectivity index (χ0n) is 11.8. The van der Waals surface area contributed by atoms with Crippen LogP contribution in [-0.2, 0) is 0 Å². The van der Waals surface area contributed by atoms with E-state index in [1.54, 1.807) is 0 Å². The average molecular weight is 317 g/mol. The highest BCUT2D eigenvalue weighted by atomic mass is 35.5. The Balaban J connectivity index is 2.33. The molecule has 1 aromatic rings. The molecule has 0 radical (unpaired) electrons. The smallest absolute Gasteiger partial charge is 0.170 e. The minimum atomic E-state index is 0.293. The second-order valence-electron chi connectivity index (χ2n) is 5.31. The van der Waals surface area contributed by atoms with Crippen LogP contribution < -0.4 is 10.6 Å². The van der Waals surface area contributed by atoms with Crippen LogP contribution in [0.5, 0.6) is 0 Å². The molecule has 0 spiro atoms. The zero-order valence-corrected chi connectivity index (χ0v) is 14.2. The highest BCUT2D eigenvalue weighted by Crippen LogP contribution is 2.22. The van der Waals surface area contributed by atoms with Gasteiger partial charge in [0, 0.05) is 27.8 Å². The molecule has 106 valence electrons. The lowest BCUT2D eigenvalue weighted by Gasteiger charge is -2.18. The van der Waals surface area contributed by atoms with E-state index in [1.165, 1.54) is 0 Å². The summed E-state index contributed by atoms with van der Waals surface area (Å²) < 4.78 is 0.293. The number of thioether (sulfide) groups is 1. The summed E-state index contributed by atoms with van der Waals surface area (Å²) in [5, 5.41) is 7.71. The Labute approximate surface area is 130 Å². The normalized spacial score (nSPS) is 11.2. The maximum atomic E-state index is 6.07. The molecule has 0 fully saturated rings. The molecule has 0 amide bonds. The van der Waals surface area contributed by atoms with Crippen molar-refractivity contribution in [3.63, 3.8) is 0 Å². The SMILES string of the molecule is Cc1ccc(NC(=S)NCCSC(C)(C)C)cc1Cl. The maximum Gasteiger partial charge on any atom is 0.170 e. The van der Waals surface area contributed by atoms with E-state index in [1.807, 2.05) is 36.9 Å². The van der Waals surface area contributed by atoms with E-state index in [0.717, 1.165) is 28.6 Å². The van der Waals surface area contributed by atoms with Crippen LogP contribution in [0.25, 0.3) is 0 Å². The Bertz CT molecular complexity index is 442. The topological polar surface area (TPSA) is 24.1 Å². The molecule has 0 saturated carbocycles. The molecule has 0 bridgehead atoms. The van der Waals surface area contributed by atoms with Gasteiger partial charge in [0.25, 0.3) is 0 Å². The first kappa shape index (κ1) is 16.6. The van der Waals surface area contributed by atoms with Gasteiger partial charge >= 0.3 is 0 Å². The van der Waals surface area contributed by atoms with Gasteiger partial charge in [-0.15, -0.1) is 0 Å². The summed E-state index contributed by atoms with van der Waals surface area (Å²) in [6, 6.07) is 5.83. The van der Waals surface area contributed by atoms with Gasteiger partial charge < -0.3 is 10.6 Å². The number of rotatable bonds is 4. The molecular weight excluding hydrogens is 296 g/mol. The minimum absolute atomic E-state index is 0.293. The van der Waals surface area contributed by atoms with Crippen molar-refractivity contribution in [3.8, 4) is 0 Å². The van der Waals surface area contributed by atoms with Crippen molar-refractivity contribution in [1.82, 2.24) is 5.32 Å². The van der Waals surface area contributed by atoms with Crippen LogP contribution in [0, 0.1) is 6.92 Å². The molecule has 0 saturated heterocycles. The molecule has 1 aromatic carbocycles. The van der Waals surface area contributed by atoms with Gasteiger partial charge in [-0.1, -0.05) is 38.4 Å². The lowest BCUT2D eigenvalue weighted by atomic mass is 10.2. The maximum absolute atomic E-state index is 6.07. The Hall–Kier alpha value is -0.450. The third kappa shape index (κ3) is 7.04. The van der Waals surface area contributed by atoms with Gasteiger partial charge in [0.15, 0.2) is 5.11 Å². The standard InChI is InChI=1S/C14H21ClN2S2/c1-10-5-6-11(9-12(10)15)17-13(18)16-7-8-19-14(2,3)4/h5-6,9H,7-8H2,1-4H3,(H2,16,17,18). The lowest BCUT2D eigenvalue weighted by Crippen LogP contribution is -2.30. The van der Waals surface area contributed by atoms with Crippen molar-refractivity contribution in [1.29, 1.82) is 0 Å². The highest BCUT2D eigenvalue weighted by molar-refractivity contribution is 8.00. The monoisotopic (exact) mass is 316 g/mol. The van der Waals surface area contributed by atoms with Crippen molar-refractivity contribution >= 4 is 46.4 Å². The van der Waals surface area contributed by atoms with E-state index in [4.69, 9.17) is 23.8 Å². The Kier molecular flexibility index (Phi) is 6.43. The third-order valence-electron chi connectivity index (χ3n) is 2.35. The molecule has 0 aliphatic carbocycles. The predicted molar refractivity (Wildman–Crippen MR) is 92.6 cm³/mol. The number of benzene rings is 1. The molecule has 0 aromatic heterocycles. The molecule has 19 heavy (non-hydrogen) atoms. The van der Waals surface area contributed by atoms with Gasteiger partial charge in [-0.25, -0.2) is 0 Å². The zero-order chi connectivity index (χ0) is 14.5. The summed E-state index contributed by atoms with van der Waals surface area (Å²) in [5.74, 6) is 1.03. The van der Waals surface area contributed by atoms with Crippen molar-refractivity contribution in [2.75, 3.05) is 17.6 Å². The van der Waals surface area contributed by atoms with Crippen LogP contribution in [-0.4, -0.2) is 22.2 Å². The van der Waals surface area contributed by atoms with Gasteiger partial charge in [-0.2, -0.15) is 11.8 Å². The van der Waals surface area contributed by atoms with Crippen LogP contribution in [0.15, 0.2) is 18.2 Å². The van der Waals surface area contributed by atoms with Crippen molar-refractivity contribution < 1.29 is 0 Å². The number of thiocarbonyl (C=S) groups is 1. The Morgan fingerprint density at radius 2 is 2.05 bits per heavy atom. The number of hydrogen-bond donors (Lipinski definition) is 2. The average Bonchev–Trinajstić information content (AvgIpc) is 2.28. The number of aryl methyl sites for hydroxylation is 1. The molecule has 2 nitrogen and oxygen atoms in total. The molecular formula is C14H21ClN2S2. The van der Waals surface area contributed by atoms with Crippen molar-refractivity contribution in [3.05, 3.63) is 28.8 Å². The van der Waals surface area contributed by atoms with Gasteiger partial charge in [0.2, 0.25) is 0 Å². The molecule has 0 unspecified atom stereocenters. The van der Waals surface area contributed by atoms with E-state index in [9.17, 15) is 0 Å². The second-order valence-corrected chi connectivity index (χ2v) is 8.04. The first-order valence-electron chi connectivity index (χ1n) is 6.23. The van der Waals surface area contributed by atoms with E-state index < -0.39 is 0 Å². The summed E-state index contributed by atoms with van der Waals surface area (Å²) in [5.41, 5.74) is 1.98. The fourth-order valence-electron chi connectivity index (χ4n) is 1.37. The third-order valence-corrected chi connectivity index (χ3v) is 4.28. The first-order chi connectivity index (χ1) is 8.78. The Morgan fingerprint density at radius 1 is 1.37 bits per heavy atom. The largest absolute Gasteiger partial charge is 0.362 e. The fourth-order valence-corrected chi connectivity index (χ4v) is 2.58. The molecule has 0 heterocycles. The predicted octanol–water partition coefficient (Wildman–Crippen LogP) is 4.47. The number of anilines is 1. The molecule has 5 heteroatoms. The quantitative estimate of drug-likeness (QED) is 0.632. The summed E-state index contributed by atoms with van der Waals surface area (Å²) in [6.45, 7) is 9.47. The molecule has 0 aliphatic rings. The summed E-state index contributed by atoms with van der Waals surface area (Å²) in [7, 11) is 0.